The van der Waals surface area contributed by atoms with Crippen molar-refractivity contribution in [3.8, 4) is 0 Å². The summed E-state index contributed by atoms with van der Waals surface area (Å²) in [7, 11) is 0. The largest absolute Gasteiger partial charge is 0.352 e. The second kappa shape index (κ2) is 9.04. The van der Waals surface area contributed by atoms with Crippen molar-refractivity contribution in [2.45, 2.75) is 76.3 Å². The molecule has 2 atom stereocenters. The van der Waals surface area contributed by atoms with E-state index in [0.29, 0.717) is 17.9 Å². The van der Waals surface area contributed by atoms with Gasteiger partial charge in [-0.15, -0.1) is 12.4 Å². The van der Waals surface area contributed by atoms with E-state index in [2.05, 4.69) is 10.6 Å². The predicted molar refractivity (Wildman–Crippen MR) is 96.8 cm³/mol. The van der Waals surface area contributed by atoms with Gasteiger partial charge in [0.25, 0.3) is 0 Å². The number of rotatable bonds is 4. The molecule has 0 aliphatic heterocycles. The van der Waals surface area contributed by atoms with Crippen LogP contribution in [0, 0.1) is 17.8 Å². The summed E-state index contributed by atoms with van der Waals surface area (Å²) < 4.78 is 0. The van der Waals surface area contributed by atoms with Gasteiger partial charge in [-0.3, -0.25) is 9.59 Å². The molecule has 24 heavy (non-hydrogen) atoms. The van der Waals surface area contributed by atoms with Crippen molar-refractivity contribution in [1.29, 1.82) is 0 Å². The molecule has 0 aromatic heterocycles. The highest BCUT2D eigenvalue weighted by Crippen LogP contribution is 2.41. The lowest BCUT2D eigenvalue weighted by molar-refractivity contribution is -0.131. The molecule has 3 aliphatic rings. The Kier molecular flexibility index (Phi) is 7.35. The first-order chi connectivity index (χ1) is 11.1. The van der Waals surface area contributed by atoms with Crippen LogP contribution in [0.2, 0.25) is 0 Å². The fourth-order valence-electron chi connectivity index (χ4n) is 4.84. The maximum Gasteiger partial charge on any atom is 0.239 e. The minimum Gasteiger partial charge on any atom is -0.352 e. The van der Waals surface area contributed by atoms with Crippen LogP contribution in [0.1, 0.15) is 64.2 Å². The van der Waals surface area contributed by atoms with Gasteiger partial charge < -0.3 is 16.4 Å². The van der Waals surface area contributed by atoms with Crippen LogP contribution in [0.4, 0.5) is 0 Å². The highest BCUT2D eigenvalue weighted by molar-refractivity contribution is 5.86. The minimum absolute atomic E-state index is 0. The minimum atomic E-state index is -0.0436. The van der Waals surface area contributed by atoms with Gasteiger partial charge in [-0.25, -0.2) is 0 Å². The van der Waals surface area contributed by atoms with Crippen LogP contribution >= 0.6 is 12.4 Å². The average Bonchev–Trinajstić information content (AvgIpc) is 2.53. The Bertz CT molecular complexity index is 426. The molecule has 4 N–H and O–H groups in total. The van der Waals surface area contributed by atoms with Gasteiger partial charge in [0.1, 0.15) is 0 Å². The Morgan fingerprint density at radius 1 is 0.917 bits per heavy atom. The van der Waals surface area contributed by atoms with Crippen LogP contribution in [0.15, 0.2) is 0 Å². The van der Waals surface area contributed by atoms with Gasteiger partial charge in [0, 0.05) is 18.0 Å². The molecule has 0 aromatic rings. The maximum atomic E-state index is 12.4. The van der Waals surface area contributed by atoms with E-state index in [1.807, 2.05) is 0 Å². The van der Waals surface area contributed by atoms with E-state index in [0.717, 1.165) is 38.5 Å². The van der Waals surface area contributed by atoms with Gasteiger partial charge >= 0.3 is 0 Å². The SMILES string of the molecule is Cl.NC1C2CCCC1CC(C(=O)NCC(=O)NC1CCCCC1)C2. The number of nitrogens with one attached hydrogen (secondary N) is 2. The third kappa shape index (κ3) is 4.85. The van der Waals surface area contributed by atoms with Crippen LogP contribution in [0.25, 0.3) is 0 Å². The molecule has 6 heteroatoms. The average molecular weight is 358 g/mol. The summed E-state index contributed by atoms with van der Waals surface area (Å²) in [6.45, 7) is 0.118. The van der Waals surface area contributed by atoms with Gasteiger partial charge in [-0.05, 0) is 50.4 Å². The third-order valence-corrected chi connectivity index (χ3v) is 6.18. The Balaban J connectivity index is 0.00000208. The van der Waals surface area contributed by atoms with Gasteiger partial charge in [0.15, 0.2) is 0 Å². The molecule has 0 aromatic carbocycles. The number of hydrogen-bond donors (Lipinski definition) is 3. The molecule has 3 fully saturated rings. The van der Waals surface area contributed by atoms with E-state index in [1.54, 1.807) is 0 Å². The van der Waals surface area contributed by atoms with E-state index in [1.165, 1.54) is 25.7 Å². The van der Waals surface area contributed by atoms with Crippen molar-refractivity contribution in [3.05, 3.63) is 0 Å². The Morgan fingerprint density at radius 3 is 2.17 bits per heavy atom. The Morgan fingerprint density at radius 2 is 1.54 bits per heavy atom. The molecule has 3 saturated carbocycles. The first kappa shape index (κ1) is 19.5. The molecule has 2 unspecified atom stereocenters. The first-order valence-electron chi connectivity index (χ1n) is 9.46. The summed E-state index contributed by atoms with van der Waals surface area (Å²) in [5, 5.41) is 5.90. The third-order valence-electron chi connectivity index (χ3n) is 6.18. The van der Waals surface area contributed by atoms with Gasteiger partial charge in [0.2, 0.25) is 11.8 Å². The molecule has 2 amide bonds. The highest BCUT2D eigenvalue weighted by Gasteiger charge is 2.40. The van der Waals surface area contributed by atoms with E-state index < -0.39 is 0 Å². The van der Waals surface area contributed by atoms with E-state index >= 15 is 0 Å². The highest BCUT2D eigenvalue weighted by atomic mass is 35.5. The maximum absolute atomic E-state index is 12.4. The summed E-state index contributed by atoms with van der Waals surface area (Å²) in [6, 6.07) is 0.586. The Labute approximate surface area is 151 Å². The second-order valence-corrected chi connectivity index (χ2v) is 7.82. The van der Waals surface area contributed by atoms with Crippen LogP contribution in [-0.2, 0) is 9.59 Å². The first-order valence-corrected chi connectivity index (χ1v) is 9.46. The molecule has 0 heterocycles. The van der Waals surface area contributed by atoms with Crippen molar-refractivity contribution in [2.24, 2.45) is 23.5 Å². The summed E-state index contributed by atoms with van der Waals surface area (Å²) in [5.41, 5.74) is 6.28. The lowest BCUT2D eigenvalue weighted by Crippen LogP contribution is -2.50. The normalized spacial score (nSPS) is 33.2. The molecule has 2 bridgehead atoms. The van der Waals surface area contributed by atoms with Crippen LogP contribution < -0.4 is 16.4 Å². The van der Waals surface area contributed by atoms with Crippen LogP contribution in [0.5, 0.6) is 0 Å². The van der Waals surface area contributed by atoms with Crippen molar-refractivity contribution in [1.82, 2.24) is 10.6 Å². The van der Waals surface area contributed by atoms with Gasteiger partial charge in [-0.1, -0.05) is 25.7 Å². The summed E-state index contributed by atoms with van der Waals surface area (Å²) in [5.74, 6) is 1.04. The molecule has 3 rings (SSSR count). The van der Waals surface area contributed by atoms with E-state index in [9.17, 15) is 9.59 Å². The summed E-state index contributed by atoms with van der Waals surface area (Å²) in [4.78, 5) is 24.4. The lowest BCUT2D eigenvalue weighted by atomic mass is 9.65. The van der Waals surface area contributed by atoms with Gasteiger partial charge in [-0.2, -0.15) is 0 Å². The Hall–Kier alpha value is -0.810. The number of carbonyl (C=O) groups is 2. The number of fused-ring (bicyclic) bond motifs is 2. The number of halogens is 1. The predicted octanol–water partition coefficient (Wildman–Crippen LogP) is 2.13. The molecule has 3 aliphatic carbocycles. The molecule has 5 nitrogen and oxygen atoms in total. The zero-order valence-electron chi connectivity index (χ0n) is 14.5. The quantitative estimate of drug-likeness (QED) is 0.720. The van der Waals surface area contributed by atoms with Crippen molar-refractivity contribution < 1.29 is 9.59 Å². The van der Waals surface area contributed by atoms with E-state index in [4.69, 9.17) is 5.73 Å². The summed E-state index contributed by atoms with van der Waals surface area (Å²) >= 11 is 0. The van der Waals surface area contributed by atoms with Crippen LogP contribution in [0.3, 0.4) is 0 Å². The molecular weight excluding hydrogens is 326 g/mol. The molecule has 138 valence electrons. The lowest BCUT2D eigenvalue weighted by Gasteiger charge is -2.43. The number of hydrogen-bond acceptors (Lipinski definition) is 3. The topological polar surface area (TPSA) is 84.2 Å². The van der Waals surface area contributed by atoms with Gasteiger partial charge in [0.05, 0.1) is 6.54 Å². The number of nitrogens with two attached hydrogens (primary N) is 1. The van der Waals surface area contributed by atoms with Crippen molar-refractivity contribution in [3.63, 3.8) is 0 Å². The zero-order valence-corrected chi connectivity index (χ0v) is 15.3. The number of amides is 2. The number of carbonyl (C=O) groups excluding carboxylic acids is 2. The second-order valence-electron chi connectivity index (χ2n) is 7.82. The smallest absolute Gasteiger partial charge is 0.239 e. The molecule has 0 saturated heterocycles. The molecule has 0 radical (unpaired) electrons. The fraction of sp³-hybridized carbons (Fsp3) is 0.889. The fourth-order valence-corrected chi connectivity index (χ4v) is 4.84. The van der Waals surface area contributed by atoms with Crippen LogP contribution in [-0.4, -0.2) is 30.4 Å². The molecule has 0 spiro atoms. The van der Waals surface area contributed by atoms with E-state index in [-0.39, 0.29) is 42.7 Å². The van der Waals surface area contributed by atoms with Crippen molar-refractivity contribution >= 4 is 24.2 Å². The van der Waals surface area contributed by atoms with Crippen molar-refractivity contribution in [2.75, 3.05) is 6.54 Å². The monoisotopic (exact) mass is 357 g/mol. The standard InChI is InChI=1S/C18H31N3O2.ClH/c19-17-12-5-4-6-13(17)10-14(9-12)18(23)20-11-16(22)21-15-7-2-1-3-8-15;/h12-15,17H,1-11,19H2,(H,20,23)(H,21,22);1H. The summed E-state index contributed by atoms with van der Waals surface area (Å²) in [6.07, 6.45) is 11.2. The molecular formula is C18H32ClN3O2. The zero-order chi connectivity index (χ0) is 16.2.